The molecule has 0 radical (unpaired) electrons. The Kier molecular flexibility index (Phi) is 4.19. The maximum atomic E-state index is 6.58. The lowest BCUT2D eigenvalue weighted by molar-refractivity contribution is 0.429. The van der Waals surface area contributed by atoms with Gasteiger partial charge in [0.1, 0.15) is 0 Å². The summed E-state index contributed by atoms with van der Waals surface area (Å²) in [5.41, 5.74) is 13.9. The van der Waals surface area contributed by atoms with Gasteiger partial charge in [0, 0.05) is 22.6 Å². The number of hydrogen-bond donors (Lipinski definition) is 2. The van der Waals surface area contributed by atoms with Crippen LogP contribution in [-0.2, 0) is 19.3 Å². The van der Waals surface area contributed by atoms with Crippen molar-refractivity contribution in [3.8, 4) is 0 Å². The second-order valence-electron chi connectivity index (χ2n) is 7.87. The van der Waals surface area contributed by atoms with Gasteiger partial charge in [-0.05, 0) is 86.6 Å². The van der Waals surface area contributed by atoms with Crippen molar-refractivity contribution in [1.82, 2.24) is 4.98 Å². The van der Waals surface area contributed by atoms with Crippen molar-refractivity contribution in [2.45, 2.75) is 77.2 Å². The van der Waals surface area contributed by atoms with E-state index in [-0.39, 0.29) is 0 Å². The van der Waals surface area contributed by atoms with Crippen LogP contribution in [0.2, 0.25) is 0 Å². The van der Waals surface area contributed by atoms with Crippen LogP contribution in [0, 0.1) is 12.8 Å². The normalized spacial score (nSPS) is 20.6. The zero-order valence-corrected chi connectivity index (χ0v) is 14.5. The van der Waals surface area contributed by atoms with Gasteiger partial charge in [-0.15, -0.1) is 0 Å². The molecule has 2 aromatic rings. The number of nitrogens with two attached hydrogens (primary N) is 1. The summed E-state index contributed by atoms with van der Waals surface area (Å²) in [4.78, 5) is 3.64. The first-order valence-electron chi connectivity index (χ1n) is 9.61. The molecule has 0 bridgehead atoms. The SMILES string of the molecule is Cc1[nH]c2cc3c(cc2c1CC(N)C1CCCC1)CCCCC3. The smallest absolute Gasteiger partial charge is 0.0461 e. The second kappa shape index (κ2) is 6.32. The van der Waals surface area contributed by atoms with E-state index in [1.165, 1.54) is 79.9 Å². The summed E-state index contributed by atoms with van der Waals surface area (Å²) in [6.45, 7) is 2.22. The highest BCUT2D eigenvalue weighted by Crippen LogP contribution is 2.33. The number of aromatic amines is 1. The lowest BCUT2D eigenvalue weighted by atomic mass is 9.91. The number of nitrogens with one attached hydrogen (secondary N) is 1. The fraction of sp³-hybridized carbons (Fsp3) is 0.619. The van der Waals surface area contributed by atoms with E-state index >= 15 is 0 Å². The summed E-state index contributed by atoms with van der Waals surface area (Å²) in [5.74, 6) is 0.736. The third-order valence-electron chi connectivity index (χ3n) is 6.28. The Morgan fingerprint density at radius 2 is 1.74 bits per heavy atom. The van der Waals surface area contributed by atoms with E-state index in [2.05, 4.69) is 24.0 Å². The molecule has 1 heterocycles. The molecular weight excluding hydrogens is 280 g/mol. The van der Waals surface area contributed by atoms with Gasteiger partial charge in [-0.1, -0.05) is 19.3 Å². The Balaban J connectivity index is 1.68. The fourth-order valence-corrected chi connectivity index (χ4v) is 4.85. The standard InChI is InChI=1S/C21H30N2/c1-14-18(13-20(22)15-7-5-6-8-15)19-11-16-9-3-2-4-10-17(16)12-21(19)23-14/h11-12,15,20,23H,2-10,13,22H2,1H3. The molecule has 0 amide bonds. The van der Waals surface area contributed by atoms with E-state index in [9.17, 15) is 0 Å². The Bertz CT molecular complexity index is 691. The Labute approximate surface area is 139 Å². The number of H-pyrrole nitrogens is 1. The molecule has 0 saturated heterocycles. The lowest BCUT2D eigenvalue weighted by Gasteiger charge is -2.19. The van der Waals surface area contributed by atoms with E-state index in [1.807, 2.05) is 0 Å². The van der Waals surface area contributed by atoms with Crippen molar-refractivity contribution in [1.29, 1.82) is 0 Å². The number of fused-ring (bicyclic) bond motifs is 2. The number of benzene rings is 1. The quantitative estimate of drug-likeness (QED) is 0.785. The highest BCUT2D eigenvalue weighted by Gasteiger charge is 2.24. The van der Waals surface area contributed by atoms with Crippen molar-refractivity contribution in [2.24, 2.45) is 11.7 Å². The van der Waals surface area contributed by atoms with Gasteiger partial charge in [0.15, 0.2) is 0 Å². The summed E-state index contributed by atoms with van der Waals surface area (Å²) >= 11 is 0. The zero-order chi connectivity index (χ0) is 15.8. The number of aryl methyl sites for hydroxylation is 3. The molecule has 124 valence electrons. The Hall–Kier alpha value is -1.28. The first-order valence-corrected chi connectivity index (χ1v) is 9.61. The summed E-state index contributed by atoms with van der Waals surface area (Å²) in [5, 5.41) is 1.44. The van der Waals surface area contributed by atoms with Gasteiger partial charge >= 0.3 is 0 Å². The van der Waals surface area contributed by atoms with Gasteiger partial charge in [0.25, 0.3) is 0 Å². The molecule has 4 rings (SSSR count). The predicted octanol–water partition coefficient (Wildman–Crippen LogP) is 4.81. The Morgan fingerprint density at radius 1 is 1.04 bits per heavy atom. The third kappa shape index (κ3) is 2.94. The molecule has 1 atom stereocenters. The molecule has 2 aliphatic rings. The molecule has 2 heteroatoms. The van der Waals surface area contributed by atoms with Crippen molar-refractivity contribution >= 4 is 10.9 Å². The van der Waals surface area contributed by atoms with Gasteiger partial charge in [-0.2, -0.15) is 0 Å². The number of rotatable bonds is 3. The minimum absolute atomic E-state index is 0.328. The monoisotopic (exact) mass is 310 g/mol. The number of aromatic nitrogens is 1. The minimum atomic E-state index is 0.328. The molecular formula is C21H30N2. The van der Waals surface area contributed by atoms with E-state index in [1.54, 1.807) is 11.1 Å². The maximum absolute atomic E-state index is 6.58. The first kappa shape index (κ1) is 15.3. The largest absolute Gasteiger partial charge is 0.358 e. The van der Waals surface area contributed by atoms with Gasteiger partial charge in [0.05, 0.1) is 0 Å². The van der Waals surface area contributed by atoms with Crippen LogP contribution in [0.5, 0.6) is 0 Å². The van der Waals surface area contributed by atoms with Crippen LogP contribution < -0.4 is 5.73 Å². The molecule has 1 aromatic heterocycles. The average molecular weight is 310 g/mol. The predicted molar refractivity (Wildman–Crippen MR) is 97.9 cm³/mol. The number of hydrogen-bond acceptors (Lipinski definition) is 1. The summed E-state index contributed by atoms with van der Waals surface area (Å²) < 4.78 is 0. The van der Waals surface area contributed by atoms with Crippen LogP contribution in [0.4, 0.5) is 0 Å². The molecule has 3 N–H and O–H groups in total. The molecule has 1 fully saturated rings. The zero-order valence-electron chi connectivity index (χ0n) is 14.5. The van der Waals surface area contributed by atoms with E-state index < -0.39 is 0 Å². The molecule has 1 unspecified atom stereocenters. The van der Waals surface area contributed by atoms with E-state index in [0.29, 0.717) is 6.04 Å². The highest BCUT2D eigenvalue weighted by molar-refractivity contribution is 5.86. The molecule has 1 saturated carbocycles. The van der Waals surface area contributed by atoms with Crippen molar-refractivity contribution in [3.63, 3.8) is 0 Å². The van der Waals surface area contributed by atoms with E-state index in [0.717, 1.165) is 12.3 Å². The third-order valence-corrected chi connectivity index (χ3v) is 6.28. The van der Waals surface area contributed by atoms with Gasteiger partial charge in [0.2, 0.25) is 0 Å². The van der Waals surface area contributed by atoms with Crippen LogP contribution in [0.3, 0.4) is 0 Å². The minimum Gasteiger partial charge on any atom is -0.358 e. The van der Waals surface area contributed by atoms with Crippen molar-refractivity contribution < 1.29 is 0 Å². The van der Waals surface area contributed by atoms with E-state index in [4.69, 9.17) is 5.73 Å². The molecule has 23 heavy (non-hydrogen) atoms. The van der Waals surface area contributed by atoms with Crippen LogP contribution in [0.1, 0.15) is 67.3 Å². The Morgan fingerprint density at radius 3 is 2.48 bits per heavy atom. The summed E-state index contributed by atoms with van der Waals surface area (Å²) in [6.07, 6.45) is 13.0. The van der Waals surface area contributed by atoms with Gasteiger partial charge < -0.3 is 10.7 Å². The molecule has 1 aromatic carbocycles. The lowest BCUT2D eigenvalue weighted by Crippen LogP contribution is -2.30. The molecule has 0 aliphatic heterocycles. The van der Waals surface area contributed by atoms with Crippen LogP contribution in [0.25, 0.3) is 10.9 Å². The highest BCUT2D eigenvalue weighted by atomic mass is 14.7. The first-order chi connectivity index (χ1) is 11.2. The van der Waals surface area contributed by atoms with Crippen molar-refractivity contribution in [3.05, 3.63) is 34.5 Å². The molecule has 2 nitrogen and oxygen atoms in total. The fourth-order valence-electron chi connectivity index (χ4n) is 4.85. The summed E-state index contributed by atoms with van der Waals surface area (Å²) in [7, 11) is 0. The second-order valence-corrected chi connectivity index (χ2v) is 7.87. The van der Waals surface area contributed by atoms with Crippen LogP contribution in [0.15, 0.2) is 12.1 Å². The molecule has 0 spiro atoms. The summed E-state index contributed by atoms with van der Waals surface area (Å²) in [6, 6.07) is 5.23. The topological polar surface area (TPSA) is 41.8 Å². The maximum Gasteiger partial charge on any atom is 0.0461 e. The molecule has 2 aliphatic carbocycles. The van der Waals surface area contributed by atoms with Crippen LogP contribution in [-0.4, -0.2) is 11.0 Å². The van der Waals surface area contributed by atoms with Crippen molar-refractivity contribution in [2.75, 3.05) is 0 Å². The van der Waals surface area contributed by atoms with Crippen LogP contribution >= 0.6 is 0 Å². The average Bonchev–Trinajstić information content (AvgIpc) is 3.10. The van der Waals surface area contributed by atoms with Gasteiger partial charge in [-0.25, -0.2) is 0 Å². The van der Waals surface area contributed by atoms with Gasteiger partial charge in [-0.3, -0.25) is 0 Å².